The molecule has 0 radical (unpaired) electrons. The van der Waals surface area contributed by atoms with Gasteiger partial charge in [0, 0.05) is 32.4 Å². The van der Waals surface area contributed by atoms with Gasteiger partial charge in [0.2, 0.25) is 5.91 Å². The molecule has 0 aromatic carbocycles. The number of nitrogens with zero attached hydrogens (tertiary/aromatic N) is 5. The maximum Gasteiger partial charge on any atom is 0.236 e. The second kappa shape index (κ2) is 7.77. The van der Waals surface area contributed by atoms with Crippen LogP contribution in [-0.2, 0) is 4.79 Å². The van der Waals surface area contributed by atoms with E-state index in [1.54, 1.807) is 6.33 Å². The van der Waals surface area contributed by atoms with Crippen molar-refractivity contribution in [1.82, 2.24) is 19.9 Å². The van der Waals surface area contributed by atoms with Crippen molar-refractivity contribution in [3.05, 3.63) is 18.6 Å². The highest BCUT2D eigenvalue weighted by Crippen LogP contribution is 2.23. The summed E-state index contributed by atoms with van der Waals surface area (Å²) in [5.41, 5.74) is 0.866. The predicted molar refractivity (Wildman–Crippen MR) is 91.4 cm³/mol. The smallest absolute Gasteiger partial charge is 0.236 e. The van der Waals surface area contributed by atoms with E-state index in [4.69, 9.17) is 5.26 Å². The van der Waals surface area contributed by atoms with E-state index in [1.165, 1.54) is 0 Å². The molecule has 0 atom stereocenters. The molecule has 0 spiro atoms. The van der Waals surface area contributed by atoms with Gasteiger partial charge in [0.05, 0.1) is 11.5 Å². The average Bonchev–Trinajstić information content (AvgIpc) is 3.08. The zero-order chi connectivity index (χ0) is 16.8. The lowest BCUT2D eigenvalue weighted by molar-refractivity contribution is -0.130. The molecule has 3 heterocycles. The number of nitrogens with one attached hydrogen (secondary N) is 1. The van der Waals surface area contributed by atoms with Crippen molar-refractivity contribution < 1.29 is 4.79 Å². The second-order valence-corrected chi connectivity index (χ2v) is 6.05. The third kappa shape index (κ3) is 3.65. The van der Waals surface area contributed by atoms with Crippen LogP contribution in [-0.4, -0.2) is 51.9 Å². The fourth-order valence-corrected chi connectivity index (χ4v) is 3.19. The van der Waals surface area contributed by atoms with E-state index in [0.717, 1.165) is 68.7 Å². The Hall–Kier alpha value is -2.62. The third-order valence-electron chi connectivity index (χ3n) is 4.43. The summed E-state index contributed by atoms with van der Waals surface area (Å²) >= 11 is 0. The molecule has 1 N–H and O–H groups in total. The summed E-state index contributed by atoms with van der Waals surface area (Å²) in [6.45, 7) is 3.30. The van der Waals surface area contributed by atoms with Crippen molar-refractivity contribution >= 4 is 22.8 Å². The van der Waals surface area contributed by atoms with Crippen molar-refractivity contribution in [1.29, 1.82) is 5.26 Å². The molecule has 1 aliphatic heterocycles. The van der Waals surface area contributed by atoms with Crippen LogP contribution in [0.5, 0.6) is 0 Å². The Morgan fingerprint density at radius 3 is 2.58 bits per heavy atom. The van der Waals surface area contributed by atoms with Crippen molar-refractivity contribution in [3.8, 4) is 6.07 Å². The summed E-state index contributed by atoms with van der Waals surface area (Å²) in [6.07, 6.45) is 7.35. The summed E-state index contributed by atoms with van der Waals surface area (Å²) in [5, 5.41) is 9.76. The van der Waals surface area contributed by atoms with Crippen LogP contribution < -0.4 is 4.90 Å². The minimum atomic E-state index is -0.0419. The number of rotatable bonds is 2. The van der Waals surface area contributed by atoms with Crippen LogP contribution in [0.4, 0.5) is 5.82 Å². The lowest BCUT2D eigenvalue weighted by atomic mass is 10.2. The monoisotopic (exact) mass is 326 g/mol. The number of carbonyl (C=O) groups excluding carboxylic acids is 1. The van der Waals surface area contributed by atoms with Crippen LogP contribution >= 0.6 is 0 Å². The van der Waals surface area contributed by atoms with Crippen molar-refractivity contribution in [2.75, 3.05) is 31.1 Å². The highest BCUT2D eigenvalue weighted by molar-refractivity contribution is 5.87. The zero-order valence-electron chi connectivity index (χ0n) is 13.7. The van der Waals surface area contributed by atoms with Gasteiger partial charge in [-0.25, -0.2) is 9.97 Å². The first kappa shape index (κ1) is 16.2. The molecule has 0 bridgehead atoms. The number of amides is 1. The number of aromatic amines is 1. The Bertz CT molecular complexity index is 722. The number of H-pyrrole nitrogens is 1. The Kier molecular flexibility index (Phi) is 5.26. The molecule has 0 aliphatic carbocycles. The molecule has 1 fully saturated rings. The quantitative estimate of drug-likeness (QED) is 0.912. The molecule has 2 aromatic heterocycles. The van der Waals surface area contributed by atoms with E-state index < -0.39 is 0 Å². The first-order chi connectivity index (χ1) is 11.8. The summed E-state index contributed by atoms with van der Waals surface area (Å²) in [6, 6.07) is 3.97. The van der Waals surface area contributed by atoms with Crippen molar-refractivity contribution in [2.45, 2.75) is 32.1 Å². The van der Waals surface area contributed by atoms with Gasteiger partial charge in [0.15, 0.2) is 0 Å². The van der Waals surface area contributed by atoms with Gasteiger partial charge in [0.1, 0.15) is 24.2 Å². The van der Waals surface area contributed by atoms with Crippen LogP contribution in [0.15, 0.2) is 18.6 Å². The van der Waals surface area contributed by atoms with Crippen LogP contribution in [0, 0.1) is 11.3 Å². The van der Waals surface area contributed by atoms with Gasteiger partial charge in [-0.05, 0) is 31.7 Å². The van der Waals surface area contributed by atoms with E-state index in [1.807, 2.05) is 23.2 Å². The Morgan fingerprint density at radius 1 is 1.17 bits per heavy atom. The molecule has 2 aromatic rings. The zero-order valence-corrected chi connectivity index (χ0v) is 13.7. The predicted octanol–water partition coefficient (Wildman–Crippen LogP) is 2.08. The van der Waals surface area contributed by atoms with E-state index in [2.05, 4.69) is 19.9 Å². The molecule has 7 heteroatoms. The maximum atomic E-state index is 11.9. The van der Waals surface area contributed by atoms with Crippen LogP contribution in [0.1, 0.15) is 32.1 Å². The second-order valence-electron chi connectivity index (χ2n) is 6.05. The average molecular weight is 326 g/mol. The van der Waals surface area contributed by atoms with Gasteiger partial charge in [-0.1, -0.05) is 0 Å². The number of nitriles is 1. The number of carbonyl (C=O) groups is 1. The molecule has 1 amide bonds. The van der Waals surface area contributed by atoms with Crippen molar-refractivity contribution in [3.63, 3.8) is 0 Å². The lowest BCUT2D eigenvalue weighted by Crippen LogP contribution is -2.35. The third-order valence-corrected chi connectivity index (χ3v) is 4.43. The van der Waals surface area contributed by atoms with Gasteiger partial charge >= 0.3 is 0 Å². The van der Waals surface area contributed by atoms with Crippen LogP contribution in [0.2, 0.25) is 0 Å². The number of anilines is 1. The number of fused-ring (bicyclic) bond motifs is 1. The standard InChI is InChI=1S/C17H22N6O/c18-7-5-15(24)22-9-1-3-11-23(12-4-2-10-22)17-14-6-8-19-16(14)20-13-21-17/h6,8,13H,1-5,9-12H2,(H,19,20,21). The van der Waals surface area contributed by atoms with Crippen LogP contribution in [0.3, 0.4) is 0 Å². The number of aromatic nitrogens is 3. The minimum absolute atomic E-state index is 0.0153. The fourth-order valence-electron chi connectivity index (χ4n) is 3.19. The molecule has 126 valence electrons. The van der Waals surface area contributed by atoms with E-state index in [-0.39, 0.29) is 12.3 Å². The molecular formula is C17H22N6O. The molecule has 1 aliphatic rings. The SMILES string of the molecule is N#CCC(=O)N1CCCCN(c2ncnc3[nH]ccc23)CCCC1. The number of hydrogen-bond donors (Lipinski definition) is 1. The Balaban J connectivity index is 1.67. The maximum absolute atomic E-state index is 11.9. The largest absolute Gasteiger partial charge is 0.356 e. The first-order valence-corrected chi connectivity index (χ1v) is 8.47. The van der Waals surface area contributed by atoms with Crippen molar-refractivity contribution in [2.24, 2.45) is 0 Å². The lowest BCUT2D eigenvalue weighted by Gasteiger charge is -2.28. The van der Waals surface area contributed by atoms with Gasteiger partial charge in [0.25, 0.3) is 0 Å². The van der Waals surface area contributed by atoms with E-state index in [0.29, 0.717) is 0 Å². The highest BCUT2D eigenvalue weighted by atomic mass is 16.2. The van der Waals surface area contributed by atoms with Crippen LogP contribution in [0.25, 0.3) is 11.0 Å². The first-order valence-electron chi connectivity index (χ1n) is 8.47. The van der Waals surface area contributed by atoms with Gasteiger partial charge in [-0.15, -0.1) is 0 Å². The van der Waals surface area contributed by atoms with Gasteiger partial charge in [-0.3, -0.25) is 4.79 Å². The van der Waals surface area contributed by atoms with Gasteiger partial charge < -0.3 is 14.8 Å². The van der Waals surface area contributed by atoms with E-state index >= 15 is 0 Å². The molecular weight excluding hydrogens is 304 g/mol. The van der Waals surface area contributed by atoms with Gasteiger partial charge in [-0.2, -0.15) is 5.26 Å². The molecule has 7 nitrogen and oxygen atoms in total. The Labute approximate surface area is 141 Å². The fraction of sp³-hybridized carbons (Fsp3) is 0.529. The minimum Gasteiger partial charge on any atom is -0.356 e. The Morgan fingerprint density at radius 2 is 1.88 bits per heavy atom. The number of hydrogen-bond acceptors (Lipinski definition) is 5. The highest BCUT2D eigenvalue weighted by Gasteiger charge is 2.17. The molecule has 3 rings (SSSR count). The molecule has 0 unspecified atom stereocenters. The van der Waals surface area contributed by atoms with E-state index in [9.17, 15) is 4.79 Å². The molecule has 0 saturated carbocycles. The summed E-state index contributed by atoms with van der Waals surface area (Å²) in [4.78, 5) is 28.0. The summed E-state index contributed by atoms with van der Waals surface area (Å²) in [5.74, 6) is 0.944. The molecule has 1 saturated heterocycles. The summed E-state index contributed by atoms with van der Waals surface area (Å²) < 4.78 is 0. The summed E-state index contributed by atoms with van der Waals surface area (Å²) in [7, 11) is 0. The normalized spacial score (nSPS) is 16.8. The molecule has 24 heavy (non-hydrogen) atoms. The topological polar surface area (TPSA) is 88.9 Å².